The van der Waals surface area contributed by atoms with Gasteiger partial charge in [-0.2, -0.15) is 0 Å². The average Bonchev–Trinajstić information content (AvgIpc) is 3.37. The molecule has 0 aliphatic carbocycles. The quantitative estimate of drug-likeness (QED) is 0.679. The maximum atomic E-state index is 4.54. The second kappa shape index (κ2) is 8.09. The fourth-order valence-electron chi connectivity index (χ4n) is 4.49. The molecule has 0 radical (unpaired) electrons. The van der Waals surface area contributed by atoms with Gasteiger partial charge in [0.25, 0.3) is 0 Å². The SMILES string of the molecule is CN=C(NCCc1cccc2ccccc12)N1CCC(N2CCCC2)C1. The molecule has 2 fully saturated rings. The molecule has 4 rings (SSSR count). The van der Waals surface area contributed by atoms with Gasteiger partial charge in [-0.25, -0.2) is 0 Å². The first-order valence-electron chi connectivity index (χ1n) is 10.0. The number of nitrogens with zero attached hydrogens (tertiary/aromatic N) is 3. The lowest BCUT2D eigenvalue weighted by molar-refractivity contribution is 0.249. The molecule has 138 valence electrons. The summed E-state index contributed by atoms with van der Waals surface area (Å²) in [6, 6.07) is 16.0. The third kappa shape index (κ3) is 3.70. The van der Waals surface area contributed by atoms with E-state index in [9.17, 15) is 0 Å². The van der Waals surface area contributed by atoms with Crippen molar-refractivity contribution in [1.82, 2.24) is 15.1 Å². The van der Waals surface area contributed by atoms with Crippen LogP contribution in [0.1, 0.15) is 24.8 Å². The van der Waals surface area contributed by atoms with Gasteiger partial charge in [-0.05, 0) is 55.1 Å². The molecule has 2 heterocycles. The number of benzene rings is 2. The average molecular weight is 351 g/mol. The highest BCUT2D eigenvalue weighted by Crippen LogP contribution is 2.21. The van der Waals surface area contributed by atoms with Crippen molar-refractivity contribution in [3.63, 3.8) is 0 Å². The van der Waals surface area contributed by atoms with Crippen LogP contribution in [0.15, 0.2) is 47.5 Å². The van der Waals surface area contributed by atoms with Crippen molar-refractivity contribution in [2.45, 2.75) is 31.7 Å². The number of hydrogen-bond donors (Lipinski definition) is 1. The maximum Gasteiger partial charge on any atom is 0.193 e. The topological polar surface area (TPSA) is 30.9 Å². The molecule has 1 atom stereocenters. The molecule has 2 aliphatic rings. The monoisotopic (exact) mass is 350 g/mol. The van der Waals surface area contributed by atoms with Crippen molar-refractivity contribution in [1.29, 1.82) is 0 Å². The van der Waals surface area contributed by atoms with Gasteiger partial charge in [0.05, 0.1) is 0 Å². The van der Waals surface area contributed by atoms with Gasteiger partial charge < -0.3 is 10.2 Å². The first-order chi connectivity index (χ1) is 12.8. The minimum Gasteiger partial charge on any atom is -0.356 e. The predicted octanol–water partition coefficient (Wildman–Crippen LogP) is 3.13. The zero-order chi connectivity index (χ0) is 17.8. The largest absolute Gasteiger partial charge is 0.356 e. The van der Waals surface area contributed by atoms with E-state index in [4.69, 9.17) is 0 Å². The molecule has 4 heteroatoms. The second-order valence-electron chi connectivity index (χ2n) is 7.49. The molecular weight excluding hydrogens is 320 g/mol. The Bertz CT molecular complexity index is 758. The molecular formula is C22H30N4. The van der Waals surface area contributed by atoms with Gasteiger partial charge in [0, 0.05) is 32.7 Å². The first kappa shape index (κ1) is 17.3. The highest BCUT2D eigenvalue weighted by Gasteiger charge is 2.30. The molecule has 26 heavy (non-hydrogen) atoms. The molecule has 2 aromatic carbocycles. The third-order valence-electron chi connectivity index (χ3n) is 5.89. The molecule has 0 saturated carbocycles. The van der Waals surface area contributed by atoms with Crippen LogP contribution >= 0.6 is 0 Å². The van der Waals surface area contributed by atoms with Crippen LogP contribution in [0.3, 0.4) is 0 Å². The predicted molar refractivity (Wildman–Crippen MR) is 110 cm³/mol. The van der Waals surface area contributed by atoms with E-state index in [1.54, 1.807) is 0 Å². The summed E-state index contributed by atoms with van der Waals surface area (Å²) in [7, 11) is 1.91. The summed E-state index contributed by atoms with van der Waals surface area (Å²) in [4.78, 5) is 9.64. The van der Waals surface area contributed by atoms with E-state index in [1.807, 2.05) is 7.05 Å². The molecule has 0 bridgehead atoms. The number of guanidine groups is 1. The smallest absolute Gasteiger partial charge is 0.193 e. The lowest BCUT2D eigenvalue weighted by Crippen LogP contribution is -2.43. The van der Waals surface area contributed by atoms with E-state index in [1.165, 1.54) is 48.7 Å². The van der Waals surface area contributed by atoms with Crippen LogP contribution in [0.4, 0.5) is 0 Å². The first-order valence-corrected chi connectivity index (χ1v) is 10.0. The molecule has 0 amide bonds. The Balaban J connectivity index is 1.33. The zero-order valence-corrected chi connectivity index (χ0v) is 15.8. The van der Waals surface area contributed by atoms with Crippen LogP contribution in [0.2, 0.25) is 0 Å². The zero-order valence-electron chi connectivity index (χ0n) is 15.8. The van der Waals surface area contributed by atoms with Gasteiger partial charge in [-0.3, -0.25) is 9.89 Å². The third-order valence-corrected chi connectivity index (χ3v) is 5.89. The molecule has 0 spiro atoms. The van der Waals surface area contributed by atoms with Gasteiger partial charge in [0.15, 0.2) is 5.96 Å². The Labute approximate surface area is 156 Å². The molecule has 2 aromatic rings. The van der Waals surface area contributed by atoms with Crippen molar-refractivity contribution in [3.05, 3.63) is 48.0 Å². The number of aliphatic imine (C=N–C) groups is 1. The number of fused-ring (bicyclic) bond motifs is 1. The van der Waals surface area contributed by atoms with Crippen molar-refractivity contribution in [2.75, 3.05) is 39.8 Å². The van der Waals surface area contributed by atoms with Gasteiger partial charge in [-0.15, -0.1) is 0 Å². The summed E-state index contributed by atoms with van der Waals surface area (Å²) < 4.78 is 0. The Hall–Kier alpha value is -2.07. The summed E-state index contributed by atoms with van der Waals surface area (Å²) in [5.74, 6) is 1.06. The van der Waals surface area contributed by atoms with Crippen molar-refractivity contribution in [2.24, 2.45) is 4.99 Å². The Morgan fingerprint density at radius 2 is 1.88 bits per heavy atom. The Morgan fingerprint density at radius 1 is 1.08 bits per heavy atom. The van der Waals surface area contributed by atoms with Gasteiger partial charge in [0.2, 0.25) is 0 Å². The Kier molecular flexibility index (Phi) is 5.40. The molecule has 1 N–H and O–H groups in total. The van der Waals surface area contributed by atoms with Crippen LogP contribution in [-0.2, 0) is 6.42 Å². The fourth-order valence-corrected chi connectivity index (χ4v) is 4.49. The highest BCUT2D eigenvalue weighted by atomic mass is 15.3. The lowest BCUT2D eigenvalue weighted by Gasteiger charge is -2.25. The van der Waals surface area contributed by atoms with E-state index >= 15 is 0 Å². The molecule has 2 saturated heterocycles. The summed E-state index contributed by atoms with van der Waals surface area (Å²) >= 11 is 0. The van der Waals surface area contributed by atoms with E-state index in [-0.39, 0.29) is 0 Å². The van der Waals surface area contributed by atoms with E-state index in [0.29, 0.717) is 6.04 Å². The number of nitrogens with one attached hydrogen (secondary N) is 1. The summed E-state index contributed by atoms with van der Waals surface area (Å²) in [5.41, 5.74) is 1.41. The van der Waals surface area contributed by atoms with Gasteiger partial charge in [-0.1, -0.05) is 42.5 Å². The highest BCUT2D eigenvalue weighted by molar-refractivity contribution is 5.85. The lowest BCUT2D eigenvalue weighted by atomic mass is 10.0. The van der Waals surface area contributed by atoms with Crippen molar-refractivity contribution in [3.8, 4) is 0 Å². The normalized spacial score (nSPS) is 21.7. The van der Waals surface area contributed by atoms with Gasteiger partial charge in [0.1, 0.15) is 0 Å². The molecule has 1 unspecified atom stereocenters. The number of rotatable bonds is 4. The maximum absolute atomic E-state index is 4.54. The van der Waals surface area contributed by atoms with Crippen LogP contribution in [0.5, 0.6) is 0 Å². The Morgan fingerprint density at radius 3 is 2.73 bits per heavy atom. The second-order valence-corrected chi connectivity index (χ2v) is 7.49. The minimum atomic E-state index is 0.717. The van der Waals surface area contributed by atoms with Crippen LogP contribution in [0, 0.1) is 0 Å². The summed E-state index contributed by atoms with van der Waals surface area (Å²) in [6.07, 6.45) is 5.02. The van der Waals surface area contributed by atoms with Crippen LogP contribution in [0.25, 0.3) is 10.8 Å². The van der Waals surface area contributed by atoms with E-state index in [2.05, 4.69) is 62.6 Å². The minimum absolute atomic E-state index is 0.717. The van der Waals surface area contributed by atoms with Crippen LogP contribution in [-0.4, -0.2) is 61.6 Å². The molecule has 0 aromatic heterocycles. The fraction of sp³-hybridized carbons (Fsp3) is 0.500. The van der Waals surface area contributed by atoms with Gasteiger partial charge >= 0.3 is 0 Å². The number of hydrogen-bond acceptors (Lipinski definition) is 2. The molecule has 2 aliphatic heterocycles. The summed E-state index contributed by atoms with van der Waals surface area (Å²) in [5, 5.41) is 6.28. The van der Waals surface area contributed by atoms with E-state index < -0.39 is 0 Å². The number of likely N-dealkylation sites (tertiary alicyclic amines) is 2. The summed E-state index contributed by atoms with van der Waals surface area (Å²) in [6.45, 7) is 5.73. The standard InChI is InChI=1S/C22H30N4/c1-23-22(26-16-12-20(17-26)25-14-4-5-15-25)24-13-11-19-9-6-8-18-7-2-3-10-21(18)19/h2-3,6-10,20H,4-5,11-17H2,1H3,(H,23,24). The van der Waals surface area contributed by atoms with Crippen molar-refractivity contribution >= 4 is 16.7 Å². The van der Waals surface area contributed by atoms with E-state index in [0.717, 1.165) is 32.0 Å². The van der Waals surface area contributed by atoms with Crippen LogP contribution < -0.4 is 5.32 Å². The molecule has 4 nitrogen and oxygen atoms in total. The van der Waals surface area contributed by atoms with Crippen molar-refractivity contribution < 1.29 is 0 Å².